The number of fused-ring (bicyclic) bond motifs is 2. The van der Waals surface area contributed by atoms with Crippen molar-refractivity contribution >= 4 is 41.9 Å². The normalized spacial score (nSPS) is 13.3. The van der Waals surface area contributed by atoms with E-state index in [-0.39, 0.29) is 44.4 Å². The molecular weight excluding hydrogens is 499 g/mol. The highest BCUT2D eigenvalue weighted by atomic mass is 32.2. The molecule has 0 aliphatic heterocycles. The average molecular weight is 518 g/mol. The number of halogens is 3. The minimum absolute atomic E-state index is 0.0261. The maximum Gasteiger partial charge on any atom is 0.501 e. The predicted octanol–water partition coefficient (Wildman–Crippen LogP) is 1.91. The van der Waals surface area contributed by atoms with Crippen LogP contribution in [0, 0.1) is 0 Å². The van der Waals surface area contributed by atoms with Gasteiger partial charge < -0.3 is 4.57 Å². The van der Waals surface area contributed by atoms with Gasteiger partial charge in [-0.05, 0) is 24.3 Å². The summed E-state index contributed by atoms with van der Waals surface area (Å²) in [4.78, 5) is 19.8. The zero-order valence-corrected chi connectivity index (χ0v) is 19.9. The second kappa shape index (κ2) is 7.40. The lowest BCUT2D eigenvalue weighted by Gasteiger charge is -2.10. The molecule has 0 spiro atoms. The second-order valence-electron chi connectivity index (χ2n) is 7.58. The highest BCUT2D eigenvalue weighted by molar-refractivity contribution is 7.92. The number of aryl methyl sites for hydroxylation is 3. The van der Waals surface area contributed by atoms with E-state index in [0.29, 0.717) is 0 Å². The lowest BCUT2D eigenvalue weighted by atomic mass is 10.3. The number of rotatable bonds is 4. The standard InChI is InChI=1S/C19H18F3N5O5S2/c1-5-33(29,30)14-9-13-16(27(4)18(28)26(13)3)24-15(14)17-23-11-8-10(6-7-12(11)25(17)2)34(31,32)19(20,21)22/h6-9H,5H2,1-4H3. The Bertz CT molecular complexity index is 1760. The Morgan fingerprint density at radius 3 is 2.15 bits per heavy atom. The molecule has 0 bridgehead atoms. The van der Waals surface area contributed by atoms with Gasteiger partial charge in [0.05, 0.1) is 32.1 Å². The van der Waals surface area contributed by atoms with E-state index in [1.54, 1.807) is 0 Å². The molecule has 0 fully saturated rings. The summed E-state index contributed by atoms with van der Waals surface area (Å²) in [6, 6.07) is 4.02. The van der Waals surface area contributed by atoms with Crippen molar-refractivity contribution in [2.24, 2.45) is 21.1 Å². The number of hydrogen-bond donors (Lipinski definition) is 0. The van der Waals surface area contributed by atoms with Crippen molar-refractivity contribution in [3.05, 3.63) is 34.7 Å². The van der Waals surface area contributed by atoms with E-state index < -0.39 is 35.8 Å². The number of nitrogens with zero attached hydrogens (tertiary/aromatic N) is 5. The molecular formula is C19H18F3N5O5S2. The van der Waals surface area contributed by atoms with Crippen molar-refractivity contribution in [1.29, 1.82) is 0 Å². The van der Waals surface area contributed by atoms with Crippen LogP contribution in [0.15, 0.2) is 38.9 Å². The van der Waals surface area contributed by atoms with E-state index >= 15 is 0 Å². The van der Waals surface area contributed by atoms with E-state index in [1.807, 2.05) is 0 Å². The van der Waals surface area contributed by atoms with Crippen LogP contribution in [0.2, 0.25) is 0 Å². The number of pyridine rings is 1. The summed E-state index contributed by atoms with van der Waals surface area (Å²) >= 11 is 0. The van der Waals surface area contributed by atoms with Gasteiger partial charge in [-0.1, -0.05) is 6.92 Å². The van der Waals surface area contributed by atoms with Gasteiger partial charge in [-0.3, -0.25) is 9.13 Å². The van der Waals surface area contributed by atoms with Gasteiger partial charge in [0.2, 0.25) is 0 Å². The van der Waals surface area contributed by atoms with E-state index in [9.17, 15) is 34.8 Å². The minimum atomic E-state index is -5.61. The van der Waals surface area contributed by atoms with Gasteiger partial charge in [0.25, 0.3) is 9.84 Å². The molecule has 0 N–H and O–H groups in total. The third-order valence-electron chi connectivity index (χ3n) is 5.60. The summed E-state index contributed by atoms with van der Waals surface area (Å²) in [5, 5.41) is 0. The minimum Gasteiger partial charge on any atom is -0.326 e. The predicted molar refractivity (Wildman–Crippen MR) is 117 cm³/mol. The van der Waals surface area contributed by atoms with Gasteiger partial charge in [-0.15, -0.1) is 0 Å². The molecule has 34 heavy (non-hydrogen) atoms. The summed E-state index contributed by atoms with van der Waals surface area (Å²) in [5.41, 5.74) is -5.47. The number of imidazole rings is 2. The van der Waals surface area contributed by atoms with Crippen molar-refractivity contribution in [2.75, 3.05) is 5.75 Å². The fourth-order valence-electron chi connectivity index (χ4n) is 3.63. The van der Waals surface area contributed by atoms with Gasteiger partial charge in [-0.2, -0.15) is 13.2 Å². The summed E-state index contributed by atoms with van der Waals surface area (Å²) in [6.07, 6.45) is 0. The molecule has 0 saturated carbocycles. The summed E-state index contributed by atoms with van der Waals surface area (Å²) < 4.78 is 92.2. The molecule has 4 aromatic rings. The SMILES string of the molecule is CCS(=O)(=O)c1cc2c(nc1-c1nc3cc(S(=O)(=O)C(F)(F)F)ccc3n1C)n(C)c(=O)n2C. The van der Waals surface area contributed by atoms with Crippen LogP contribution in [-0.2, 0) is 40.8 Å². The Balaban J connectivity index is 2.07. The number of alkyl halides is 3. The first-order valence-corrected chi connectivity index (χ1v) is 12.8. The van der Waals surface area contributed by atoms with Crippen LogP contribution < -0.4 is 5.69 Å². The van der Waals surface area contributed by atoms with Crippen LogP contribution in [0.3, 0.4) is 0 Å². The highest BCUT2D eigenvalue weighted by Gasteiger charge is 2.47. The third-order valence-corrected chi connectivity index (χ3v) is 8.82. The highest BCUT2D eigenvalue weighted by Crippen LogP contribution is 2.34. The molecule has 182 valence electrons. The fourth-order valence-corrected chi connectivity index (χ4v) is 5.45. The Morgan fingerprint density at radius 2 is 1.56 bits per heavy atom. The topological polar surface area (TPSA) is 126 Å². The summed E-state index contributed by atoms with van der Waals surface area (Å²) in [5.74, 6) is -0.312. The first-order valence-electron chi connectivity index (χ1n) is 9.69. The molecule has 0 aliphatic rings. The van der Waals surface area contributed by atoms with Crippen molar-refractivity contribution < 1.29 is 30.0 Å². The maximum atomic E-state index is 13.0. The zero-order valence-electron chi connectivity index (χ0n) is 18.2. The Kier molecular flexibility index (Phi) is 5.21. The van der Waals surface area contributed by atoms with Gasteiger partial charge in [-0.25, -0.2) is 31.6 Å². The van der Waals surface area contributed by atoms with Crippen LogP contribution >= 0.6 is 0 Å². The molecule has 0 amide bonds. The number of hydrogen-bond acceptors (Lipinski definition) is 7. The van der Waals surface area contributed by atoms with Crippen LogP contribution in [-0.4, -0.2) is 51.8 Å². The van der Waals surface area contributed by atoms with Crippen LogP contribution in [0.5, 0.6) is 0 Å². The molecule has 3 heterocycles. The average Bonchev–Trinajstić information content (AvgIpc) is 3.21. The molecule has 0 unspecified atom stereocenters. The molecule has 0 aliphatic carbocycles. The van der Waals surface area contributed by atoms with Gasteiger partial charge in [0.15, 0.2) is 21.3 Å². The van der Waals surface area contributed by atoms with E-state index in [1.165, 1.54) is 47.8 Å². The van der Waals surface area contributed by atoms with Gasteiger partial charge in [0, 0.05) is 21.1 Å². The number of benzene rings is 1. The van der Waals surface area contributed by atoms with E-state index in [4.69, 9.17) is 0 Å². The molecule has 15 heteroatoms. The van der Waals surface area contributed by atoms with E-state index in [2.05, 4.69) is 9.97 Å². The van der Waals surface area contributed by atoms with Crippen LogP contribution in [0.4, 0.5) is 13.2 Å². The third kappa shape index (κ3) is 3.33. The van der Waals surface area contributed by atoms with Gasteiger partial charge in [0.1, 0.15) is 5.69 Å². The van der Waals surface area contributed by atoms with Crippen molar-refractivity contribution in [3.8, 4) is 11.5 Å². The van der Waals surface area contributed by atoms with Crippen LogP contribution in [0.25, 0.3) is 33.7 Å². The first kappa shape index (κ1) is 23.9. The van der Waals surface area contributed by atoms with Crippen molar-refractivity contribution in [2.45, 2.75) is 22.2 Å². The number of aromatic nitrogens is 5. The second-order valence-corrected chi connectivity index (χ2v) is 11.8. The smallest absolute Gasteiger partial charge is 0.326 e. The molecule has 10 nitrogen and oxygen atoms in total. The lowest BCUT2D eigenvalue weighted by Crippen LogP contribution is -2.23. The van der Waals surface area contributed by atoms with E-state index in [0.717, 1.165) is 18.2 Å². The maximum absolute atomic E-state index is 13.0. The molecule has 0 atom stereocenters. The molecule has 1 aromatic carbocycles. The molecule has 4 rings (SSSR count). The quantitative estimate of drug-likeness (QED) is 0.405. The molecule has 0 saturated heterocycles. The largest absolute Gasteiger partial charge is 0.501 e. The fraction of sp³-hybridized carbons (Fsp3) is 0.316. The van der Waals surface area contributed by atoms with Gasteiger partial charge >= 0.3 is 11.2 Å². The Morgan fingerprint density at radius 1 is 0.912 bits per heavy atom. The Hall–Kier alpha value is -3.20. The van der Waals surface area contributed by atoms with Crippen molar-refractivity contribution in [1.82, 2.24) is 23.7 Å². The van der Waals surface area contributed by atoms with Crippen LogP contribution in [0.1, 0.15) is 6.92 Å². The van der Waals surface area contributed by atoms with Crippen molar-refractivity contribution in [3.63, 3.8) is 0 Å². The Labute approximate surface area is 191 Å². The molecule has 3 aromatic heterocycles. The first-order chi connectivity index (χ1) is 15.6. The monoisotopic (exact) mass is 517 g/mol. The summed E-state index contributed by atoms with van der Waals surface area (Å²) in [6.45, 7) is 1.43. The zero-order chi connectivity index (χ0) is 25.4. The lowest BCUT2D eigenvalue weighted by molar-refractivity contribution is -0.0435. The molecule has 0 radical (unpaired) electrons. The summed E-state index contributed by atoms with van der Waals surface area (Å²) in [7, 11) is -5.08. The number of sulfone groups is 2.